The number of benzene rings is 1. The molecule has 0 aromatic heterocycles. The van der Waals surface area contributed by atoms with Gasteiger partial charge in [0.2, 0.25) is 0 Å². The Kier molecular flexibility index (Phi) is 5.06. The first-order chi connectivity index (χ1) is 12.5. The number of carbonyl (C=O) groups excluding carboxylic acids is 2. The number of hydrogen-bond acceptors (Lipinski definition) is 5. The SMILES string of the molecule is CCOC(=O)C1=C(C)N(C2CC2)C(=O)NC1c1ccc(O)c(OCC)c1. The van der Waals surface area contributed by atoms with E-state index in [0.717, 1.165) is 12.8 Å². The van der Waals surface area contributed by atoms with Gasteiger partial charge >= 0.3 is 12.0 Å². The predicted molar refractivity (Wildman–Crippen MR) is 94.7 cm³/mol. The van der Waals surface area contributed by atoms with Crippen LogP contribution in [0, 0.1) is 0 Å². The van der Waals surface area contributed by atoms with Crippen LogP contribution in [-0.4, -0.2) is 41.3 Å². The molecule has 140 valence electrons. The Morgan fingerprint density at radius 1 is 1.31 bits per heavy atom. The van der Waals surface area contributed by atoms with Gasteiger partial charge in [-0.1, -0.05) is 6.07 Å². The Morgan fingerprint density at radius 2 is 2.04 bits per heavy atom. The van der Waals surface area contributed by atoms with E-state index < -0.39 is 12.0 Å². The lowest BCUT2D eigenvalue weighted by atomic mass is 9.94. The van der Waals surface area contributed by atoms with Crippen LogP contribution in [0.4, 0.5) is 4.79 Å². The number of phenolic OH excluding ortho intramolecular Hbond substituents is 1. The van der Waals surface area contributed by atoms with Gasteiger partial charge in [0, 0.05) is 11.7 Å². The molecule has 1 atom stereocenters. The van der Waals surface area contributed by atoms with Crippen LogP contribution in [-0.2, 0) is 9.53 Å². The number of urea groups is 1. The first-order valence-corrected chi connectivity index (χ1v) is 8.91. The molecule has 0 saturated heterocycles. The third kappa shape index (κ3) is 3.34. The molecule has 0 spiro atoms. The average Bonchev–Trinajstić information content (AvgIpc) is 3.41. The third-order valence-electron chi connectivity index (χ3n) is 4.55. The van der Waals surface area contributed by atoms with Crippen molar-refractivity contribution in [1.82, 2.24) is 10.2 Å². The fourth-order valence-electron chi connectivity index (χ4n) is 3.23. The van der Waals surface area contributed by atoms with E-state index in [0.29, 0.717) is 29.2 Å². The molecule has 1 aromatic carbocycles. The first-order valence-electron chi connectivity index (χ1n) is 8.91. The van der Waals surface area contributed by atoms with Crippen molar-refractivity contribution < 1.29 is 24.2 Å². The Bertz CT molecular complexity index is 754. The number of amides is 2. The largest absolute Gasteiger partial charge is 0.504 e. The van der Waals surface area contributed by atoms with Crippen molar-refractivity contribution in [1.29, 1.82) is 0 Å². The Labute approximate surface area is 152 Å². The summed E-state index contributed by atoms with van der Waals surface area (Å²) >= 11 is 0. The van der Waals surface area contributed by atoms with Gasteiger partial charge in [0.05, 0.1) is 24.8 Å². The van der Waals surface area contributed by atoms with Crippen LogP contribution in [0.1, 0.15) is 45.2 Å². The maximum Gasteiger partial charge on any atom is 0.338 e. The van der Waals surface area contributed by atoms with Crippen LogP contribution in [0.25, 0.3) is 0 Å². The number of allylic oxidation sites excluding steroid dienone is 1. The molecule has 7 heteroatoms. The molecule has 0 bridgehead atoms. The van der Waals surface area contributed by atoms with Crippen LogP contribution < -0.4 is 10.1 Å². The van der Waals surface area contributed by atoms with E-state index in [9.17, 15) is 14.7 Å². The third-order valence-corrected chi connectivity index (χ3v) is 4.55. The summed E-state index contributed by atoms with van der Waals surface area (Å²) in [7, 11) is 0. The zero-order chi connectivity index (χ0) is 18.8. The number of ether oxygens (including phenoxy) is 2. The normalized spacial score (nSPS) is 20.0. The smallest absolute Gasteiger partial charge is 0.338 e. The molecular weight excluding hydrogens is 336 g/mol. The van der Waals surface area contributed by atoms with Gasteiger partial charge in [0.15, 0.2) is 11.5 Å². The molecular formula is C19H24N2O5. The van der Waals surface area contributed by atoms with Gasteiger partial charge < -0.3 is 19.9 Å². The van der Waals surface area contributed by atoms with Gasteiger partial charge in [0.1, 0.15) is 0 Å². The van der Waals surface area contributed by atoms with Gasteiger partial charge in [-0.3, -0.25) is 4.90 Å². The van der Waals surface area contributed by atoms with E-state index in [1.54, 1.807) is 30.9 Å². The lowest BCUT2D eigenvalue weighted by Gasteiger charge is -2.35. The minimum atomic E-state index is -0.656. The number of carbonyl (C=O) groups is 2. The van der Waals surface area contributed by atoms with Crippen molar-refractivity contribution in [2.75, 3.05) is 13.2 Å². The van der Waals surface area contributed by atoms with Crippen LogP contribution in [0.2, 0.25) is 0 Å². The van der Waals surface area contributed by atoms with E-state index in [1.807, 2.05) is 6.92 Å². The maximum atomic E-state index is 12.6. The highest BCUT2D eigenvalue weighted by atomic mass is 16.5. The standard InChI is InChI=1S/C19H24N2O5/c1-4-25-15-10-12(6-9-14(15)22)17-16(18(23)26-5-2)11(3)21(13-7-8-13)19(24)20-17/h6,9-10,13,17,22H,4-5,7-8H2,1-3H3,(H,20,24). The van der Waals surface area contributed by atoms with Crippen molar-refractivity contribution in [3.8, 4) is 11.5 Å². The van der Waals surface area contributed by atoms with E-state index in [4.69, 9.17) is 9.47 Å². The molecule has 7 nitrogen and oxygen atoms in total. The molecule has 1 heterocycles. The van der Waals surface area contributed by atoms with Crippen molar-refractivity contribution in [3.63, 3.8) is 0 Å². The van der Waals surface area contributed by atoms with Crippen molar-refractivity contribution >= 4 is 12.0 Å². The van der Waals surface area contributed by atoms with E-state index in [-0.39, 0.29) is 24.4 Å². The minimum Gasteiger partial charge on any atom is -0.504 e. The van der Waals surface area contributed by atoms with Gasteiger partial charge in [-0.05, 0) is 51.3 Å². The number of nitrogens with zero attached hydrogens (tertiary/aromatic N) is 1. The Balaban J connectivity index is 2.05. The number of rotatable bonds is 6. The van der Waals surface area contributed by atoms with Crippen molar-refractivity contribution in [2.24, 2.45) is 0 Å². The molecule has 0 radical (unpaired) electrons. The van der Waals surface area contributed by atoms with Gasteiger partial charge in [-0.2, -0.15) is 0 Å². The fraction of sp³-hybridized carbons (Fsp3) is 0.474. The fourth-order valence-corrected chi connectivity index (χ4v) is 3.23. The molecule has 26 heavy (non-hydrogen) atoms. The molecule has 1 aliphatic carbocycles. The van der Waals surface area contributed by atoms with E-state index in [1.165, 1.54) is 6.07 Å². The molecule has 1 aliphatic heterocycles. The lowest BCUT2D eigenvalue weighted by molar-refractivity contribution is -0.139. The van der Waals surface area contributed by atoms with E-state index >= 15 is 0 Å². The minimum absolute atomic E-state index is 0.00993. The number of nitrogens with one attached hydrogen (secondary N) is 1. The highest BCUT2D eigenvalue weighted by molar-refractivity contribution is 5.95. The highest BCUT2D eigenvalue weighted by Crippen LogP contribution is 2.39. The molecule has 2 aliphatic rings. The maximum absolute atomic E-state index is 12.6. The molecule has 2 N–H and O–H groups in total. The molecule has 3 rings (SSSR count). The highest BCUT2D eigenvalue weighted by Gasteiger charge is 2.42. The first kappa shape index (κ1) is 18.1. The van der Waals surface area contributed by atoms with Gasteiger partial charge in [0.25, 0.3) is 0 Å². The van der Waals surface area contributed by atoms with Gasteiger partial charge in [-0.25, -0.2) is 9.59 Å². The summed E-state index contributed by atoms with van der Waals surface area (Å²) in [4.78, 5) is 26.9. The second kappa shape index (κ2) is 7.27. The molecule has 1 aromatic rings. The summed E-state index contributed by atoms with van der Waals surface area (Å²) in [6.45, 7) is 5.98. The topological polar surface area (TPSA) is 88.1 Å². The predicted octanol–water partition coefficient (Wildman–Crippen LogP) is 2.86. The summed E-state index contributed by atoms with van der Waals surface area (Å²) in [5.74, 6) is -0.132. The molecule has 2 amide bonds. The van der Waals surface area contributed by atoms with Crippen LogP contribution in [0.5, 0.6) is 11.5 Å². The van der Waals surface area contributed by atoms with Crippen LogP contribution in [0.15, 0.2) is 29.5 Å². The van der Waals surface area contributed by atoms with E-state index in [2.05, 4.69) is 5.32 Å². The summed E-state index contributed by atoms with van der Waals surface area (Å²) in [6, 6.07) is 4.06. The number of phenols is 1. The van der Waals surface area contributed by atoms with Crippen molar-refractivity contribution in [3.05, 3.63) is 35.0 Å². The summed E-state index contributed by atoms with van der Waals surface area (Å²) in [6.07, 6.45) is 1.86. The number of hydrogen-bond donors (Lipinski definition) is 2. The Morgan fingerprint density at radius 3 is 2.65 bits per heavy atom. The second-order valence-electron chi connectivity index (χ2n) is 6.36. The second-order valence-corrected chi connectivity index (χ2v) is 6.36. The molecule has 1 fully saturated rings. The number of esters is 1. The average molecular weight is 360 g/mol. The zero-order valence-electron chi connectivity index (χ0n) is 15.2. The number of aromatic hydroxyl groups is 1. The van der Waals surface area contributed by atoms with Crippen LogP contribution in [0.3, 0.4) is 0 Å². The van der Waals surface area contributed by atoms with Gasteiger partial charge in [-0.15, -0.1) is 0 Å². The van der Waals surface area contributed by atoms with Crippen molar-refractivity contribution in [2.45, 2.75) is 45.7 Å². The Hall–Kier alpha value is -2.70. The zero-order valence-corrected chi connectivity index (χ0v) is 15.2. The molecule has 1 saturated carbocycles. The van der Waals surface area contributed by atoms with Crippen LogP contribution >= 0.6 is 0 Å². The summed E-state index contributed by atoms with van der Waals surface area (Å²) in [5.41, 5.74) is 1.68. The lowest BCUT2D eigenvalue weighted by Crippen LogP contribution is -2.48. The molecule has 1 unspecified atom stereocenters. The summed E-state index contributed by atoms with van der Waals surface area (Å²) < 4.78 is 10.7. The quantitative estimate of drug-likeness (QED) is 0.762. The monoisotopic (exact) mass is 360 g/mol. The summed E-state index contributed by atoms with van der Waals surface area (Å²) in [5, 5.41) is 12.8.